The lowest BCUT2D eigenvalue weighted by molar-refractivity contribution is 0.508. The first-order chi connectivity index (χ1) is 9.54. The van der Waals surface area contributed by atoms with Gasteiger partial charge in [-0.3, -0.25) is 11.3 Å². The lowest BCUT2D eigenvalue weighted by atomic mass is 9.99. The van der Waals surface area contributed by atoms with Crippen LogP contribution in [0.25, 0.3) is 0 Å². The molecule has 0 spiro atoms. The molecule has 0 bridgehead atoms. The molecule has 0 aliphatic rings. The van der Waals surface area contributed by atoms with E-state index in [1.807, 2.05) is 0 Å². The average molecular weight is 362 g/mol. The number of halogens is 4. The molecule has 0 fully saturated rings. The van der Waals surface area contributed by atoms with E-state index < -0.39 is 11.9 Å². The second-order valence-corrected chi connectivity index (χ2v) is 5.48. The summed E-state index contributed by atoms with van der Waals surface area (Å²) in [4.78, 5) is 0. The molecule has 0 saturated carbocycles. The van der Waals surface area contributed by atoms with E-state index in [2.05, 4.69) is 21.4 Å². The van der Waals surface area contributed by atoms with E-state index in [4.69, 9.17) is 17.4 Å². The average Bonchev–Trinajstić information content (AvgIpc) is 2.44. The minimum absolute atomic E-state index is 0.0288. The van der Waals surface area contributed by atoms with Crippen molar-refractivity contribution in [3.63, 3.8) is 0 Å². The summed E-state index contributed by atoms with van der Waals surface area (Å²) in [6.45, 7) is 0. The normalized spacial score (nSPS) is 12.4. The first kappa shape index (κ1) is 15.4. The Balaban J connectivity index is 2.34. The zero-order valence-electron chi connectivity index (χ0n) is 10.3. The van der Waals surface area contributed by atoms with Crippen molar-refractivity contribution in [1.29, 1.82) is 0 Å². The summed E-state index contributed by atoms with van der Waals surface area (Å²) in [5.74, 6) is 4.60. The highest BCUT2D eigenvalue weighted by atomic mass is 79.9. The molecule has 0 radical (unpaired) electrons. The van der Waals surface area contributed by atoms with E-state index in [1.165, 1.54) is 12.1 Å². The first-order valence-corrected chi connectivity index (χ1v) is 7.04. The maximum absolute atomic E-state index is 14.0. The molecule has 6 heteroatoms. The molecule has 106 valence electrons. The van der Waals surface area contributed by atoms with Crippen molar-refractivity contribution in [2.75, 3.05) is 0 Å². The molecule has 0 aromatic heterocycles. The van der Waals surface area contributed by atoms with Gasteiger partial charge in [0.25, 0.3) is 0 Å². The maximum Gasteiger partial charge on any atom is 0.146 e. The molecule has 1 atom stereocenters. The Morgan fingerprint density at radius 1 is 1.20 bits per heavy atom. The molecule has 0 aliphatic carbocycles. The van der Waals surface area contributed by atoms with Gasteiger partial charge in [0.1, 0.15) is 11.6 Å². The van der Waals surface area contributed by atoms with Crippen LogP contribution in [0.1, 0.15) is 17.2 Å². The largest absolute Gasteiger partial charge is 0.271 e. The molecule has 0 amide bonds. The number of nitrogens with one attached hydrogen (secondary N) is 1. The Hall–Kier alpha value is -1.01. The molecule has 0 saturated heterocycles. The molecule has 2 rings (SSSR count). The van der Waals surface area contributed by atoms with E-state index in [0.29, 0.717) is 22.0 Å². The van der Waals surface area contributed by atoms with Gasteiger partial charge < -0.3 is 0 Å². The predicted molar refractivity (Wildman–Crippen MR) is 79.3 cm³/mol. The fourth-order valence-corrected chi connectivity index (χ4v) is 2.58. The van der Waals surface area contributed by atoms with Gasteiger partial charge in [-0.2, -0.15) is 0 Å². The third kappa shape index (κ3) is 3.17. The van der Waals surface area contributed by atoms with E-state index in [0.717, 1.165) is 0 Å². The first-order valence-electron chi connectivity index (χ1n) is 5.87. The van der Waals surface area contributed by atoms with Crippen LogP contribution in [-0.2, 0) is 6.42 Å². The minimum Gasteiger partial charge on any atom is -0.271 e. The van der Waals surface area contributed by atoms with Crippen molar-refractivity contribution < 1.29 is 8.78 Å². The summed E-state index contributed by atoms with van der Waals surface area (Å²) >= 11 is 8.94. The van der Waals surface area contributed by atoms with Gasteiger partial charge in [0.15, 0.2) is 0 Å². The van der Waals surface area contributed by atoms with Crippen LogP contribution in [0, 0.1) is 11.6 Å². The number of hydrogen-bond donors (Lipinski definition) is 2. The third-order valence-corrected chi connectivity index (χ3v) is 4.19. The monoisotopic (exact) mass is 360 g/mol. The lowest BCUT2D eigenvalue weighted by Gasteiger charge is -2.18. The summed E-state index contributed by atoms with van der Waals surface area (Å²) in [5, 5.41) is 0.0288. The van der Waals surface area contributed by atoms with Gasteiger partial charge in [-0.05, 0) is 40.0 Å². The SMILES string of the molecule is NNC(Cc1cccc(F)c1Br)c1cccc(Cl)c1F. The third-order valence-electron chi connectivity index (χ3n) is 3.01. The van der Waals surface area contributed by atoms with Crippen LogP contribution >= 0.6 is 27.5 Å². The Bertz CT molecular complexity index is 622. The van der Waals surface area contributed by atoms with E-state index in [1.54, 1.807) is 24.3 Å². The van der Waals surface area contributed by atoms with Crippen LogP contribution in [0.15, 0.2) is 40.9 Å². The topological polar surface area (TPSA) is 38.0 Å². The van der Waals surface area contributed by atoms with Crippen LogP contribution in [-0.4, -0.2) is 0 Å². The summed E-state index contributed by atoms with van der Waals surface area (Å²) in [6, 6.07) is 8.89. The number of nitrogens with two attached hydrogens (primary N) is 1. The molecule has 0 heterocycles. The predicted octanol–water partition coefficient (Wildman–Crippen LogP) is 4.13. The molecule has 2 nitrogen and oxygen atoms in total. The molecule has 20 heavy (non-hydrogen) atoms. The molecule has 0 aliphatic heterocycles. The minimum atomic E-state index is -0.523. The van der Waals surface area contributed by atoms with Gasteiger partial charge in [-0.25, -0.2) is 8.78 Å². The highest BCUT2D eigenvalue weighted by Gasteiger charge is 2.18. The summed E-state index contributed by atoms with van der Waals surface area (Å²) < 4.78 is 27.8. The zero-order valence-corrected chi connectivity index (χ0v) is 12.7. The smallest absolute Gasteiger partial charge is 0.146 e. The highest BCUT2D eigenvalue weighted by Crippen LogP contribution is 2.28. The van der Waals surface area contributed by atoms with Crippen LogP contribution in [0.3, 0.4) is 0 Å². The van der Waals surface area contributed by atoms with Crippen LogP contribution in [0.2, 0.25) is 5.02 Å². The summed E-state index contributed by atoms with van der Waals surface area (Å²) in [7, 11) is 0. The van der Waals surface area contributed by atoms with Crippen molar-refractivity contribution in [2.24, 2.45) is 5.84 Å². The summed E-state index contributed by atoms with van der Waals surface area (Å²) in [6.07, 6.45) is 0.326. The zero-order chi connectivity index (χ0) is 14.7. The second kappa shape index (κ2) is 6.63. The highest BCUT2D eigenvalue weighted by molar-refractivity contribution is 9.10. The van der Waals surface area contributed by atoms with Crippen molar-refractivity contribution in [3.8, 4) is 0 Å². The van der Waals surface area contributed by atoms with Gasteiger partial charge in [0, 0.05) is 5.56 Å². The molecule has 2 aromatic carbocycles. The number of hydrazine groups is 1. The number of benzene rings is 2. The van der Waals surface area contributed by atoms with Crippen LogP contribution in [0.5, 0.6) is 0 Å². The van der Waals surface area contributed by atoms with E-state index in [9.17, 15) is 8.78 Å². The Labute approximate surface area is 129 Å². The Morgan fingerprint density at radius 3 is 2.60 bits per heavy atom. The van der Waals surface area contributed by atoms with Crippen molar-refractivity contribution >= 4 is 27.5 Å². The van der Waals surface area contributed by atoms with Crippen molar-refractivity contribution in [3.05, 3.63) is 68.7 Å². The molecular formula is C14H12BrClF2N2. The quantitative estimate of drug-likeness (QED) is 0.635. The molecule has 3 N–H and O–H groups in total. The van der Waals surface area contributed by atoms with Gasteiger partial charge in [0.2, 0.25) is 0 Å². The number of hydrogen-bond acceptors (Lipinski definition) is 2. The second-order valence-electron chi connectivity index (χ2n) is 4.28. The molecule has 1 unspecified atom stereocenters. The van der Waals surface area contributed by atoms with E-state index >= 15 is 0 Å². The standard InChI is InChI=1S/C14H12BrClF2N2/c15-13-8(3-1-6-11(13)17)7-12(20-19)9-4-2-5-10(16)14(9)18/h1-6,12,20H,7,19H2. The van der Waals surface area contributed by atoms with Crippen LogP contribution in [0.4, 0.5) is 8.78 Å². The molecular weight excluding hydrogens is 350 g/mol. The molecule has 2 aromatic rings. The fourth-order valence-electron chi connectivity index (χ4n) is 1.97. The van der Waals surface area contributed by atoms with Gasteiger partial charge in [0.05, 0.1) is 15.5 Å². The van der Waals surface area contributed by atoms with Crippen molar-refractivity contribution in [1.82, 2.24) is 5.43 Å². The maximum atomic E-state index is 14.0. The van der Waals surface area contributed by atoms with Gasteiger partial charge in [-0.1, -0.05) is 35.9 Å². The van der Waals surface area contributed by atoms with Crippen molar-refractivity contribution in [2.45, 2.75) is 12.5 Å². The van der Waals surface area contributed by atoms with Gasteiger partial charge in [-0.15, -0.1) is 0 Å². The Kier molecular flexibility index (Phi) is 5.10. The summed E-state index contributed by atoms with van der Waals surface area (Å²) in [5.41, 5.74) is 3.57. The fraction of sp³-hybridized carbons (Fsp3) is 0.143. The van der Waals surface area contributed by atoms with Crippen LogP contribution < -0.4 is 11.3 Å². The lowest BCUT2D eigenvalue weighted by Crippen LogP contribution is -2.30. The number of rotatable bonds is 4. The van der Waals surface area contributed by atoms with E-state index in [-0.39, 0.29) is 10.8 Å². The van der Waals surface area contributed by atoms with Gasteiger partial charge >= 0.3 is 0 Å². The Morgan fingerprint density at radius 2 is 1.90 bits per heavy atom.